The summed E-state index contributed by atoms with van der Waals surface area (Å²) in [4.78, 5) is 0.364. The van der Waals surface area contributed by atoms with Gasteiger partial charge in [0, 0.05) is 9.85 Å². The fraction of sp³-hybridized carbons (Fsp3) is 0.571. The lowest BCUT2D eigenvalue weighted by molar-refractivity contribution is 0.316. The van der Waals surface area contributed by atoms with Gasteiger partial charge in [0.2, 0.25) is 0 Å². The number of hydrogen-bond donors (Lipinski definition) is 0. The van der Waals surface area contributed by atoms with E-state index in [9.17, 15) is 0 Å². The van der Waals surface area contributed by atoms with Gasteiger partial charge in [-0.1, -0.05) is 41.4 Å². The van der Waals surface area contributed by atoms with Crippen LogP contribution in [-0.2, 0) is 6.42 Å². The van der Waals surface area contributed by atoms with E-state index in [0.29, 0.717) is 10.2 Å². The zero-order valence-electron chi connectivity index (χ0n) is 10.5. The lowest BCUT2D eigenvalue weighted by atomic mass is 9.84. The molecule has 1 aromatic carbocycles. The van der Waals surface area contributed by atoms with Crippen LogP contribution in [0.5, 0.6) is 5.75 Å². The number of fused-ring (bicyclic) bond motifs is 1. The van der Waals surface area contributed by atoms with E-state index in [4.69, 9.17) is 16.3 Å². The van der Waals surface area contributed by atoms with Gasteiger partial charge in [-0.3, -0.25) is 0 Å². The Labute approximate surface area is 117 Å². The minimum atomic E-state index is 0.351. The van der Waals surface area contributed by atoms with Crippen molar-refractivity contribution >= 4 is 27.5 Å². The van der Waals surface area contributed by atoms with Gasteiger partial charge in [0.15, 0.2) is 0 Å². The minimum Gasteiger partial charge on any atom is -0.497 e. The molecule has 0 bridgehead atoms. The zero-order valence-corrected chi connectivity index (χ0v) is 12.9. The summed E-state index contributed by atoms with van der Waals surface area (Å²) in [5, 5.41) is 0.835. The van der Waals surface area contributed by atoms with Crippen LogP contribution in [0.15, 0.2) is 12.1 Å². The van der Waals surface area contributed by atoms with E-state index in [2.05, 4.69) is 35.8 Å². The minimum absolute atomic E-state index is 0.351. The number of methoxy groups -OCH3 is 1. The van der Waals surface area contributed by atoms with E-state index in [-0.39, 0.29) is 0 Å². The van der Waals surface area contributed by atoms with Crippen LogP contribution >= 0.6 is 27.5 Å². The van der Waals surface area contributed by atoms with E-state index in [1.165, 1.54) is 17.5 Å². The first-order valence-electron chi connectivity index (χ1n) is 5.93. The Hall–Kier alpha value is -0.210. The monoisotopic (exact) mass is 316 g/mol. The number of alkyl halides is 1. The van der Waals surface area contributed by atoms with Crippen LogP contribution in [0.2, 0.25) is 5.02 Å². The molecule has 1 aromatic rings. The molecule has 0 N–H and O–H groups in total. The summed E-state index contributed by atoms with van der Waals surface area (Å²) >= 11 is 10.2. The highest BCUT2D eigenvalue weighted by Gasteiger charge is 2.29. The molecule has 1 aliphatic rings. The van der Waals surface area contributed by atoms with Crippen LogP contribution in [-0.4, -0.2) is 7.11 Å². The highest BCUT2D eigenvalue weighted by molar-refractivity contribution is 9.09. The Kier molecular flexibility index (Phi) is 3.74. The summed E-state index contributed by atoms with van der Waals surface area (Å²) in [6.45, 7) is 4.64. The smallest absolute Gasteiger partial charge is 0.120 e. The van der Waals surface area contributed by atoms with E-state index in [0.717, 1.165) is 23.6 Å². The van der Waals surface area contributed by atoms with Gasteiger partial charge in [-0.25, -0.2) is 0 Å². The Morgan fingerprint density at radius 3 is 2.76 bits per heavy atom. The normalized spacial score (nSPS) is 22.8. The molecular formula is C14H18BrClO. The molecule has 0 fully saturated rings. The fourth-order valence-corrected chi connectivity index (χ4v) is 4.05. The zero-order chi connectivity index (χ0) is 12.6. The number of halogens is 2. The summed E-state index contributed by atoms with van der Waals surface area (Å²) < 4.78 is 5.30. The molecule has 1 aliphatic carbocycles. The number of rotatable bonds is 1. The van der Waals surface area contributed by atoms with Crippen LogP contribution in [0.4, 0.5) is 0 Å². The van der Waals surface area contributed by atoms with Crippen LogP contribution in [0, 0.1) is 5.41 Å². The summed E-state index contributed by atoms with van der Waals surface area (Å²) in [7, 11) is 1.68. The van der Waals surface area contributed by atoms with Gasteiger partial charge in [-0.15, -0.1) is 0 Å². The first kappa shape index (κ1) is 13.2. The molecule has 94 valence electrons. The van der Waals surface area contributed by atoms with Gasteiger partial charge < -0.3 is 4.74 Å². The van der Waals surface area contributed by atoms with Crippen LogP contribution in [0.25, 0.3) is 0 Å². The summed E-state index contributed by atoms with van der Waals surface area (Å²) in [5.41, 5.74) is 2.92. The molecule has 0 aromatic heterocycles. The van der Waals surface area contributed by atoms with Crippen molar-refractivity contribution in [3.63, 3.8) is 0 Å². The maximum Gasteiger partial charge on any atom is 0.120 e. The Morgan fingerprint density at radius 2 is 2.12 bits per heavy atom. The SMILES string of the molecule is COc1cc(Cl)c2c(c1)C(Br)CC(C)(C)CC2. The highest BCUT2D eigenvalue weighted by atomic mass is 79.9. The molecule has 1 unspecified atom stereocenters. The van der Waals surface area contributed by atoms with Gasteiger partial charge in [0.1, 0.15) is 5.75 Å². The topological polar surface area (TPSA) is 9.23 Å². The first-order valence-corrected chi connectivity index (χ1v) is 7.23. The third-order valence-corrected chi connectivity index (χ3v) is 4.71. The molecule has 0 saturated carbocycles. The van der Waals surface area contributed by atoms with Crippen molar-refractivity contribution in [1.29, 1.82) is 0 Å². The van der Waals surface area contributed by atoms with Crippen molar-refractivity contribution in [1.82, 2.24) is 0 Å². The Balaban J connectivity index is 2.47. The largest absolute Gasteiger partial charge is 0.497 e. The molecule has 0 amide bonds. The van der Waals surface area contributed by atoms with E-state index in [1.54, 1.807) is 7.11 Å². The van der Waals surface area contributed by atoms with E-state index >= 15 is 0 Å². The highest BCUT2D eigenvalue weighted by Crippen LogP contribution is 2.46. The molecule has 0 radical (unpaired) electrons. The van der Waals surface area contributed by atoms with Crippen LogP contribution in [0.3, 0.4) is 0 Å². The third-order valence-electron chi connectivity index (χ3n) is 3.56. The van der Waals surface area contributed by atoms with Gasteiger partial charge in [0.25, 0.3) is 0 Å². The van der Waals surface area contributed by atoms with E-state index < -0.39 is 0 Å². The van der Waals surface area contributed by atoms with Gasteiger partial charge in [-0.05, 0) is 47.9 Å². The molecule has 0 saturated heterocycles. The average molecular weight is 318 g/mol. The Bertz CT molecular complexity index is 428. The van der Waals surface area contributed by atoms with Gasteiger partial charge in [-0.2, -0.15) is 0 Å². The third kappa shape index (κ3) is 2.79. The van der Waals surface area contributed by atoms with Gasteiger partial charge in [0.05, 0.1) is 7.11 Å². The van der Waals surface area contributed by atoms with Crippen molar-refractivity contribution in [2.24, 2.45) is 5.41 Å². The van der Waals surface area contributed by atoms with Crippen molar-refractivity contribution in [3.05, 3.63) is 28.3 Å². The van der Waals surface area contributed by atoms with Crippen LogP contribution in [0.1, 0.15) is 42.6 Å². The van der Waals surface area contributed by atoms with Crippen molar-refractivity contribution in [3.8, 4) is 5.75 Å². The summed E-state index contributed by atoms with van der Waals surface area (Å²) in [6, 6.07) is 4.03. The first-order chi connectivity index (χ1) is 7.93. The summed E-state index contributed by atoms with van der Waals surface area (Å²) in [6.07, 6.45) is 3.35. The molecule has 3 heteroatoms. The maximum atomic E-state index is 6.36. The maximum absolute atomic E-state index is 6.36. The summed E-state index contributed by atoms with van der Waals surface area (Å²) in [5.74, 6) is 0.845. The second-order valence-corrected chi connectivity index (χ2v) is 7.03. The Morgan fingerprint density at radius 1 is 1.41 bits per heavy atom. The lowest BCUT2D eigenvalue weighted by Gasteiger charge is -2.23. The van der Waals surface area contributed by atoms with Crippen molar-refractivity contribution < 1.29 is 4.74 Å². The predicted molar refractivity (Wildman–Crippen MR) is 76.4 cm³/mol. The second-order valence-electron chi connectivity index (χ2n) is 5.51. The molecular weight excluding hydrogens is 300 g/mol. The number of hydrogen-bond acceptors (Lipinski definition) is 1. The number of ether oxygens (including phenoxy) is 1. The van der Waals surface area contributed by atoms with Gasteiger partial charge >= 0.3 is 0 Å². The molecule has 1 atom stereocenters. The number of benzene rings is 1. The molecule has 1 nitrogen and oxygen atoms in total. The molecule has 0 aliphatic heterocycles. The van der Waals surface area contributed by atoms with E-state index in [1.807, 2.05) is 6.07 Å². The quantitative estimate of drug-likeness (QED) is 0.514. The van der Waals surface area contributed by atoms with Crippen molar-refractivity contribution in [2.45, 2.75) is 37.9 Å². The van der Waals surface area contributed by atoms with Crippen molar-refractivity contribution in [2.75, 3.05) is 7.11 Å². The molecule has 0 heterocycles. The standard InChI is InChI=1S/C14H18BrClO/c1-14(2)5-4-10-11(12(15)8-14)6-9(17-3)7-13(10)16/h6-7,12H,4-5,8H2,1-3H3. The molecule has 2 rings (SSSR count). The lowest BCUT2D eigenvalue weighted by Crippen LogP contribution is -2.11. The predicted octanol–water partition coefficient (Wildman–Crippen LogP) is 5.15. The molecule has 0 spiro atoms. The second kappa shape index (κ2) is 4.81. The average Bonchev–Trinajstić information content (AvgIpc) is 2.36. The fourth-order valence-electron chi connectivity index (χ4n) is 2.45. The van der Waals surface area contributed by atoms with Crippen LogP contribution < -0.4 is 4.74 Å². The molecule has 17 heavy (non-hydrogen) atoms.